The molecule has 1 rings (SSSR count). The third-order valence-corrected chi connectivity index (χ3v) is 1.23. The Balaban J connectivity index is 2.71. The molecule has 64 valence electrons. The number of carbonyl (C=O) groups excluding carboxylic acids is 1. The molecule has 1 aromatic rings. The minimum Gasteiger partial charge on any atom is -0.352 e. The molecule has 0 saturated heterocycles. The van der Waals surface area contributed by atoms with E-state index in [1.54, 1.807) is 0 Å². The van der Waals surface area contributed by atoms with Crippen LogP contribution in [-0.4, -0.2) is 22.3 Å². The van der Waals surface area contributed by atoms with Crippen molar-refractivity contribution >= 4 is 12.2 Å². The SMILES string of the molecule is CC(C)Nc1ncc(C=O)cn1. The van der Waals surface area contributed by atoms with Gasteiger partial charge >= 0.3 is 0 Å². The lowest BCUT2D eigenvalue weighted by molar-refractivity contribution is 0.112. The molecule has 0 radical (unpaired) electrons. The van der Waals surface area contributed by atoms with Crippen LogP contribution >= 0.6 is 0 Å². The van der Waals surface area contributed by atoms with Crippen molar-refractivity contribution < 1.29 is 4.79 Å². The van der Waals surface area contributed by atoms with E-state index in [0.29, 0.717) is 17.6 Å². The zero-order valence-corrected chi connectivity index (χ0v) is 7.11. The lowest BCUT2D eigenvalue weighted by Gasteiger charge is -2.06. The van der Waals surface area contributed by atoms with Crippen LogP contribution in [-0.2, 0) is 0 Å². The summed E-state index contributed by atoms with van der Waals surface area (Å²) in [6, 6.07) is 0.298. The normalized spacial score (nSPS) is 9.92. The molecule has 12 heavy (non-hydrogen) atoms. The van der Waals surface area contributed by atoms with Gasteiger partial charge in [0.15, 0.2) is 6.29 Å². The molecule has 0 spiro atoms. The van der Waals surface area contributed by atoms with Crippen LogP contribution in [0.5, 0.6) is 0 Å². The van der Waals surface area contributed by atoms with Gasteiger partial charge in [0.2, 0.25) is 5.95 Å². The zero-order valence-electron chi connectivity index (χ0n) is 7.11. The van der Waals surface area contributed by atoms with Crippen molar-refractivity contribution in [3.8, 4) is 0 Å². The van der Waals surface area contributed by atoms with Gasteiger partial charge in [-0.05, 0) is 13.8 Å². The van der Waals surface area contributed by atoms with E-state index < -0.39 is 0 Å². The summed E-state index contributed by atoms with van der Waals surface area (Å²) in [5, 5.41) is 3.02. The highest BCUT2D eigenvalue weighted by Crippen LogP contribution is 1.99. The van der Waals surface area contributed by atoms with E-state index in [2.05, 4.69) is 15.3 Å². The van der Waals surface area contributed by atoms with E-state index in [0.717, 1.165) is 6.29 Å². The molecule has 0 aliphatic heterocycles. The molecule has 0 unspecified atom stereocenters. The quantitative estimate of drug-likeness (QED) is 0.681. The minimum absolute atomic E-state index is 0.298. The van der Waals surface area contributed by atoms with Crippen molar-refractivity contribution in [3.05, 3.63) is 18.0 Å². The Morgan fingerprint density at radius 2 is 2.00 bits per heavy atom. The average Bonchev–Trinajstić information content (AvgIpc) is 2.05. The summed E-state index contributed by atoms with van der Waals surface area (Å²) in [4.78, 5) is 18.1. The predicted octanol–water partition coefficient (Wildman–Crippen LogP) is 1.11. The summed E-state index contributed by atoms with van der Waals surface area (Å²) in [5.41, 5.74) is 0.490. The van der Waals surface area contributed by atoms with Crippen LogP contribution in [0.3, 0.4) is 0 Å². The van der Waals surface area contributed by atoms with E-state index in [1.165, 1.54) is 12.4 Å². The fourth-order valence-electron chi connectivity index (χ4n) is 0.732. The van der Waals surface area contributed by atoms with Gasteiger partial charge in [-0.25, -0.2) is 9.97 Å². The highest BCUT2D eigenvalue weighted by atomic mass is 16.1. The summed E-state index contributed by atoms with van der Waals surface area (Å²) in [7, 11) is 0. The molecular weight excluding hydrogens is 154 g/mol. The van der Waals surface area contributed by atoms with Gasteiger partial charge < -0.3 is 5.32 Å². The maximum Gasteiger partial charge on any atom is 0.222 e. The topological polar surface area (TPSA) is 54.9 Å². The van der Waals surface area contributed by atoms with E-state index in [1.807, 2.05) is 13.8 Å². The van der Waals surface area contributed by atoms with E-state index in [4.69, 9.17) is 0 Å². The molecule has 0 aliphatic rings. The number of nitrogens with one attached hydrogen (secondary N) is 1. The number of aromatic nitrogens is 2. The van der Waals surface area contributed by atoms with Crippen LogP contribution in [0.15, 0.2) is 12.4 Å². The van der Waals surface area contributed by atoms with Gasteiger partial charge in [0, 0.05) is 18.4 Å². The summed E-state index contributed by atoms with van der Waals surface area (Å²) >= 11 is 0. The second-order valence-corrected chi connectivity index (χ2v) is 2.76. The Bertz CT molecular complexity index is 256. The number of carbonyl (C=O) groups is 1. The van der Waals surface area contributed by atoms with Gasteiger partial charge in [-0.2, -0.15) is 0 Å². The molecule has 0 aromatic carbocycles. The number of hydrogen-bond donors (Lipinski definition) is 1. The fraction of sp³-hybridized carbons (Fsp3) is 0.375. The fourth-order valence-corrected chi connectivity index (χ4v) is 0.732. The van der Waals surface area contributed by atoms with Crippen LogP contribution in [0.1, 0.15) is 24.2 Å². The van der Waals surface area contributed by atoms with Crippen LogP contribution in [0.4, 0.5) is 5.95 Å². The largest absolute Gasteiger partial charge is 0.352 e. The third-order valence-electron chi connectivity index (χ3n) is 1.23. The summed E-state index contributed by atoms with van der Waals surface area (Å²) in [6.07, 6.45) is 3.70. The number of anilines is 1. The van der Waals surface area contributed by atoms with Crippen LogP contribution < -0.4 is 5.32 Å². The van der Waals surface area contributed by atoms with E-state index >= 15 is 0 Å². The van der Waals surface area contributed by atoms with Crippen molar-refractivity contribution in [2.45, 2.75) is 19.9 Å². The van der Waals surface area contributed by atoms with Gasteiger partial charge in [0.05, 0.1) is 5.56 Å². The number of hydrogen-bond acceptors (Lipinski definition) is 4. The first-order valence-electron chi connectivity index (χ1n) is 3.76. The molecule has 0 fully saturated rings. The summed E-state index contributed by atoms with van der Waals surface area (Å²) < 4.78 is 0. The molecule has 0 amide bonds. The molecular formula is C8H11N3O. The number of nitrogens with zero attached hydrogens (tertiary/aromatic N) is 2. The monoisotopic (exact) mass is 165 g/mol. The standard InChI is InChI=1S/C8H11N3O/c1-6(2)11-8-9-3-7(5-12)4-10-8/h3-6H,1-2H3,(H,9,10,11). The van der Waals surface area contributed by atoms with Crippen molar-refractivity contribution in [1.82, 2.24) is 9.97 Å². The average molecular weight is 165 g/mol. The van der Waals surface area contributed by atoms with Crippen molar-refractivity contribution in [3.63, 3.8) is 0 Å². The molecule has 0 aliphatic carbocycles. The molecule has 0 saturated carbocycles. The smallest absolute Gasteiger partial charge is 0.222 e. The minimum atomic E-state index is 0.298. The molecule has 1 aromatic heterocycles. The third kappa shape index (κ3) is 2.30. The van der Waals surface area contributed by atoms with Gasteiger partial charge in [-0.15, -0.1) is 0 Å². The van der Waals surface area contributed by atoms with E-state index in [-0.39, 0.29) is 0 Å². The highest BCUT2D eigenvalue weighted by Gasteiger charge is 1.97. The van der Waals surface area contributed by atoms with Gasteiger partial charge in [-0.1, -0.05) is 0 Å². The first-order chi connectivity index (χ1) is 5.72. The molecule has 4 nitrogen and oxygen atoms in total. The van der Waals surface area contributed by atoms with Crippen molar-refractivity contribution in [2.75, 3.05) is 5.32 Å². The molecule has 0 bridgehead atoms. The molecule has 1 heterocycles. The summed E-state index contributed by atoms with van der Waals surface area (Å²) in [6.45, 7) is 3.99. The van der Waals surface area contributed by atoms with Crippen molar-refractivity contribution in [1.29, 1.82) is 0 Å². The molecule has 1 N–H and O–H groups in total. The predicted molar refractivity (Wildman–Crippen MR) is 46.2 cm³/mol. The van der Waals surface area contributed by atoms with Gasteiger partial charge in [0.25, 0.3) is 0 Å². The Morgan fingerprint density at radius 1 is 1.42 bits per heavy atom. The van der Waals surface area contributed by atoms with Crippen LogP contribution in [0.2, 0.25) is 0 Å². The molecule has 0 atom stereocenters. The first kappa shape index (κ1) is 8.64. The summed E-state index contributed by atoms with van der Waals surface area (Å²) in [5.74, 6) is 0.551. The Morgan fingerprint density at radius 3 is 2.42 bits per heavy atom. The zero-order chi connectivity index (χ0) is 8.97. The van der Waals surface area contributed by atoms with Crippen LogP contribution in [0.25, 0.3) is 0 Å². The Hall–Kier alpha value is -1.45. The van der Waals surface area contributed by atoms with Gasteiger partial charge in [0.1, 0.15) is 0 Å². The van der Waals surface area contributed by atoms with Gasteiger partial charge in [-0.3, -0.25) is 4.79 Å². The number of rotatable bonds is 3. The lowest BCUT2D eigenvalue weighted by Crippen LogP contribution is -2.12. The molecule has 4 heteroatoms. The van der Waals surface area contributed by atoms with Crippen molar-refractivity contribution in [2.24, 2.45) is 0 Å². The van der Waals surface area contributed by atoms with Crippen LogP contribution in [0, 0.1) is 0 Å². The first-order valence-corrected chi connectivity index (χ1v) is 3.76. The lowest BCUT2D eigenvalue weighted by atomic mass is 10.4. The second kappa shape index (κ2) is 3.80. The second-order valence-electron chi connectivity index (χ2n) is 2.76. The highest BCUT2D eigenvalue weighted by molar-refractivity contribution is 5.73. The Labute approximate surface area is 71.0 Å². The Kier molecular flexibility index (Phi) is 2.74. The maximum atomic E-state index is 10.2. The maximum absolute atomic E-state index is 10.2. The number of aldehydes is 1. The van der Waals surface area contributed by atoms with E-state index in [9.17, 15) is 4.79 Å².